The van der Waals surface area contributed by atoms with Crippen molar-refractivity contribution in [3.8, 4) is 0 Å². The van der Waals surface area contributed by atoms with Gasteiger partial charge in [-0.2, -0.15) is 0 Å². The summed E-state index contributed by atoms with van der Waals surface area (Å²) in [6.45, 7) is 5.10. The summed E-state index contributed by atoms with van der Waals surface area (Å²) in [6, 6.07) is 10.4. The van der Waals surface area contributed by atoms with Crippen molar-refractivity contribution in [2.75, 3.05) is 5.32 Å². The number of hydrogen-bond acceptors (Lipinski definition) is 4. The van der Waals surface area contributed by atoms with Crippen LogP contribution in [-0.2, 0) is 14.8 Å². The molecule has 1 heterocycles. The van der Waals surface area contributed by atoms with Crippen molar-refractivity contribution in [1.29, 1.82) is 0 Å². The monoisotopic (exact) mass is 358 g/mol. The van der Waals surface area contributed by atoms with Crippen molar-refractivity contribution in [3.63, 3.8) is 0 Å². The van der Waals surface area contributed by atoms with Gasteiger partial charge in [0, 0.05) is 5.69 Å². The van der Waals surface area contributed by atoms with E-state index in [9.17, 15) is 18.0 Å². The Kier molecular flexibility index (Phi) is 4.12. The third-order valence-corrected chi connectivity index (χ3v) is 6.23. The number of fused-ring (bicyclic) bond motifs is 1. The van der Waals surface area contributed by atoms with Gasteiger partial charge in [-0.15, -0.1) is 0 Å². The molecule has 0 radical (unpaired) electrons. The van der Waals surface area contributed by atoms with Crippen LogP contribution in [-0.4, -0.2) is 30.6 Å². The molecule has 0 spiro atoms. The van der Waals surface area contributed by atoms with Crippen LogP contribution in [0.2, 0.25) is 0 Å². The molecular weight excluding hydrogens is 340 g/mol. The number of carbonyl (C=O) groups excluding carboxylic acids is 2. The van der Waals surface area contributed by atoms with Crippen molar-refractivity contribution in [1.82, 2.24) is 4.31 Å². The van der Waals surface area contributed by atoms with Crippen LogP contribution in [0, 0.1) is 13.8 Å². The number of para-hydroxylation sites is 1. The molecule has 0 fully saturated rings. The molecule has 1 atom stereocenters. The standard InChI is InChI=1S/C18H18N2O4S/c1-11-7-6-8-12(2)16(11)19-17(21)13(3)20-18(22)14-9-4-5-10-15(14)25(20,23)24/h4-10,13H,1-3H3,(H,19,21)/t13-/m0/s1. The predicted molar refractivity (Wildman–Crippen MR) is 93.8 cm³/mol. The second-order valence-corrected chi connectivity index (χ2v) is 7.82. The number of aryl methyl sites for hydroxylation is 2. The molecule has 0 aromatic heterocycles. The number of benzene rings is 2. The Hall–Kier alpha value is -2.67. The molecule has 0 aliphatic carbocycles. The summed E-state index contributed by atoms with van der Waals surface area (Å²) in [7, 11) is -4.03. The Morgan fingerprint density at radius 2 is 1.64 bits per heavy atom. The molecule has 6 nitrogen and oxygen atoms in total. The van der Waals surface area contributed by atoms with E-state index in [0.717, 1.165) is 11.1 Å². The topological polar surface area (TPSA) is 83.6 Å². The van der Waals surface area contributed by atoms with Gasteiger partial charge in [-0.05, 0) is 44.0 Å². The summed E-state index contributed by atoms with van der Waals surface area (Å²) in [4.78, 5) is 25.1. The molecule has 7 heteroatoms. The number of anilines is 1. The summed E-state index contributed by atoms with van der Waals surface area (Å²) in [5.74, 6) is -1.23. The van der Waals surface area contributed by atoms with Gasteiger partial charge in [0.1, 0.15) is 10.9 Å². The lowest BCUT2D eigenvalue weighted by atomic mass is 10.1. The summed E-state index contributed by atoms with van der Waals surface area (Å²) in [5, 5.41) is 2.74. The van der Waals surface area contributed by atoms with Gasteiger partial charge in [0.05, 0.1) is 5.56 Å². The molecule has 130 valence electrons. The Labute approximate surface area is 146 Å². The number of amides is 2. The Balaban J connectivity index is 1.93. The first kappa shape index (κ1) is 17.2. The van der Waals surface area contributed by atoms with E-state index < -0.39 is 27.9 Å². The van der Waals surface area contributed by atoms with E-state index in [1.807, 2.05) is 32.0 Å². The highest BCUT2D eigenvalue weighted by molar-refractivity contribution is 7.90. The van der Waals surface area contributed by atoms with Crippen molar-refractivity contribution in [2.45, 2.75) is 31.7 Å². The van der Waals surface area contributed by atoms with Gasteiger partial charge >= 0.3 is 0 Å². The van der Waals surface area contributed by atoms with E-state index >= 15 is 0 Å². The van der Waals surface area contributed by atoms with Gasteiger partial charge in [-0.25, -0.2) is 12.7 Å². The Morgan fingerprint density at radius 3 is 2.24 bits per heavy atom. The van der Waals surface area contributed by atoms with Gasteiger partial charge in [0.2, 0.25) is 5.91 Å². The summed E-state index contributed by atoms with van der Waals surface area (Å²) in [5.41, 5.74) is 2.44. The number of nitrogens with zero attached hydrogens (tertiary/aromatic N) is 1. The highest BCUT2D eigenvalue weighted by Gasteiger charge is 2.45. The van der Waals surface area contributed by atoms with Crippen LogP contribution >= 0.6 is 0 Å². The van der Waals surface area contributed by atoms with Crippen LogP contribution in [0.4, 0.5) is 5.69 Å². The van der Waals surface area contributed by atoms with Crippen molar-refractivity contribution < 1.29 is 18.0 Å². The number of rotatable bonds is 3. The van der Waals surface area contributed by atoms with Crippen LogP contribution in [0.1, 0.15) is 28.4 Å². The summed E-state index contributed by atoms with van der Waals surface area (Å²) >= 11 is 0. The zero-order chi connectivity index (χ0) is 18.4. The lowest BCUT2D eigenvalue weighted by Crippen LogP contribution is -2.45. The summed E-state index contributed by atoms with van der Waals surface area (Å²) in [6.07, 6.45) is 0. The molecule has 25 heavy (non-hydrogen) atoms. The fraction of sp³-hybridized carbons (Fsp3) is 0.222. The molecule has 0 unspecified atom stereocenters. The first-order chi connectivity index (χ1) is 11.7. The normalized spacial score (nSPS) is 16.4. The van der Waals surface area contributed by atoms with E-state index in [0.29, 0.717) is 9.99 Å². The van der Waals surface area contributed by atoms with Crippen LogP contribution in [0.5, 0.6) is 0 Å². The van der Waals surface area contributed by atoms with Crippen LogP contribution in [0.15, 0.2) is 47.4 Å². The molecule has 1 N–H and O–H groups in total. The maximum absolute atomic E-state index is 12.7. The fourth-order valence-corrected chi connectivity index (χ4v) is 4.66. The van der Waals surface area contributed by atoms with Gasteiger partial charge in [-0.3, -0.25) is 9.59 Å². The molecule has 2 aromatic rings. The van der Waals surface area contributed by atoms with E-state index in [1.54, 1.807) is 12.1 Å². The minimum Gasteiger partial charge on any atom is -0.324 e. The lowest BCUT2D eigenvalue weighted by Gasteiger charge is -2.23. The van der Waals surface area contributed by atoms with Crippen LogP contribution < -0.4 is 5.32 Å². The molecule has 0 saturated carbocycles. The van der Waals surface area contributed by atoms with Crippen LogP contribution in [0.25, 0.3) is 0 Å². The lowest BCUT2D eigenvalue weighted by molar-refractivity contribution is -0.118. The first-order valence-electron chi connectivity index (χ1n) is 7.80. The van der Waals surface area contributed by atoms with E-state index in [2.05, 4.69) is 5.32 Å². The van der Waals surface area contributed by atoms with Gasteiger partial charge in [0.25, 0.3) is 15.9 Å². The zero-order valence-corrected chi connectivity index (χ0v) is 14.9. The fourth-order valence-electron chi connectivity index (χ4n) is 2.93. The second-order valence-electron chi connectivity index (χ2n) is 6.03. The molecule has 2 aromatic carbocycles. The molecule has 0 bridgehead atoms. The highest BCUT2D eigenvalue weighted by Crippen LogP contribution is 2.32. The van der Waals surface area contributed by atoms with Gasteiger partial charge < -0.3 is 5.32 Å². The summed E-state index contributed by atoms with van der Waals surface area (Å²) < 4.78 is 26.0. The van der Waals surface area contributed by atoms with E-state index in [4.69, 9.17) is 0 Å². The zero-order valence-electron chi connectivity index (χ0n) is 14.1. The maximum Gasteiger partial charge on any atom is 0.269 e. The predicted octanol–water partition coefficient (Wildman–Crippen LogP) is 2.48. The number of nitrogens with one attached hydrogen (secondary N) is 1. The molecular formula is C18H18N2O4S. The molecule has 1 aliphatic rings. The third-order valence-electron chi connectivity index (χ3n) is 4.32. The average molecular weight is 358 g/mol. The van der Waals surface area contributed by atoms with Crippen molar-refractivity contribution in [2.24, 2.45) is 0 Å². The van der Waals surface area contributed by atoms with Crippen molar-refractivity contribution in [3.05, 3.63) is 59.2 Å². The number of sulfonamides is 1. The smallest absolute Gasteiger partial charge is 0.269 e. The van der Waals surface area contributed by atoms with Crippen LogP contribution in [0.3, 0.4) is 0 Å². The number of hydrogen-bond donors (Lipinski definition) is 1. The largest absolute Gasteiger partial charge is 0.324 e. The van der Waals surface area contributed by atoms with Gasteiger partial charge in [0.15, 0.2) is 0 Å². The minimum absolute atomic E-state index is 0.0632. The molecule has 0 saturated heterocycles. The Morgan fingerprint density at radius 1 is 1.04 bits per heavy atom. The molecule has 1 aliphatic heterocycles. The van der Waals surface area contributed by atoms with Crippen molar-refractivity contribution >= 4 is 27.5 Å². The quantitative estimate of drug-likeness (QED) is 0.914. The molecule has 2 amide bonds. The van der Waals surface area contributed by atoms with E-state index in [-0.39, 0.29) is 10.5 Å². The second kappa shape index (κ2) is 6.00. The van der Waals surface area contributed by atoms with Gasteiger partial charge in [-0.1, -0.05) is 30.3 Å². The molecule has 3 rings (SSSR count). The third kappa shape index (κ3) is 2.70. The highest BCUT2D eigenvalue weighted by atomic mass is 32.2. The van der Waals surface area contributed by atoms with E-state index in [1.165, 1.54) is 19.1 Å². The maximum atomic E-state index is 12.7. The Bertz CT molecular complexity index is 962. The number of carbonyl (C=O) groups is 2. The minimum atomic E-state index is -4.03. The average Bonchev–Trinajstić information content (AvgIpc) is 2.77. The SMILES string of the molecule is Cc1cccc(C)c1NC(=O)[C@H](C)N1C(=O)c2ccccc2S1(=O)=O. The first-order valence-corrected chi connectivity index (χ1v) is 9.24.